The van der Waals surface area contributed by atoms with Gasteiger partial charge in [0.05, 0.1) is 83.5 Å². The van der Waals surface area contributed by atoms with Crippen LogP contribution in [0.5, 0.6) is 0 Å². The maximum absolute atomic E-state index is 13.9. The van der Waals surface area contributed by atoms with E-state index in [0.717, 1.165) is 29.7 Å². The van der Waals surface area contributed by atoms with E-state index in [0.29, 0.717) is 30.4 Å². The molecule has 3 saturated heterocycles. The molecule has 24 nitrogen and oxygen atoms in total. The number of aryl methyl sites for hydroxylation is 1. The predicted molar refractivity (Wildman–Crippen MR) is 348 cm³/mol. The van der Waals surface area contributed by atoms with E-state index in [4.69, 9.17) is 34.2 Å². The molecule has 1 amide bonds. The first-order valence-corrected chi connectivity index (χ1v) is 34.8. The number of amides is 1. The second kappa shape index (κ2) is 35.1. The van der Waals surface area contributed by atoms with Gasteiger partial charge in [-0.1, -0.05) is 171 Å². The average molecular weight is 1340 g/mol. The normalized spacial score (nSPS) is 18.4. The molecule has 0 bridgehead atoms. The minimum atomic E-state index is -4.12. The number of nitrogens with zero attached hydrogens (tertiary/aromatic N) is 8. The lowest BCUT2D eigenvalue weighted by Crippen LogP contribution is -2.51. The van der Waals surface area contributed by atoms with Crippen LogP contribution >= 0.6 is 0 Å². The first-order chi connectivity index (χ1) is 44.5. The fraction of sp³-hybridized carbons (Fsp3) is 0.424. The molecule has 0 spiro atoms. The van der Waals surface area contributed by atoms with Crippen LogP contribution in [0.3, 0.4) is 0 Å². The second-order valence-corrected chi connectivity index (χ2v) is 29.1. The summed E-state index contributed by atoms with van der Waals surface area (Å²) in [6, 6.07) is 44.4. The topological polar surface area (TPSA) is 342 Å². The third-order valence-corrected chi connectivity index (χ3v) is 20.3. The highest BCUT2D eigenvalue weighted by atomic mass is 32.2. The molecule has 3 N–H and O–H groups in total. The zero-order valence-corrected chi connectivity index (χ0v) is 55.0. The number of carbonyl (C=O) groups excluding carboxylic acids is 2. The highest BCUT2D eigenvalue weighted by Gasteiger charge is 2.44. The van der Waals surface area contributed by atoms with Crippen molar-refractivity contribution in [2.24, 2.45) is 28.0 Å². The van der Waals surface area contributed by atoms with Crippen LogP contribution in [0.1, 0.15) is 72.3 Å². The van der Waals surface area contributed by atoms with E-state index in [1.807, 2.05) is 126 Å². The smallest absolute Gasteiger partial charge is 0.407 e. The maximum Gasteiger partial charge on any atom is 0.407 e. The lowest BCUT2D eigenvalue weighted by molar-refractivity contribution is -0.0907. The summed E-state index contributed by atoms with van der Waals surface area (Å²) in [5, 5.41) is 32.5. The summed E-state index contributed by atoms with van der Waals surface area (Å²) < 4.78 is 109. The molecule has 2 unspecified atom stereocenters. The van der Waals surface area contributed by atoms with Gasteiger partial charge in [0.25, 0.3) is 10.1 Å². The molecule has 3 aliphatic heterocycles. The summed E-state index contributed by atoms with van der Waals surface area (Å²) >= 11 is 0. The number of fused-ring (bicyclic) bond motifs is 1. The molecule has 0 radical (unpaired) electrons. The van der Waals surface area contributed by atoms with Crippen LogP contribution < -0.4 is 5.32 Å². The summed E-state index contributed by atoms with van der Waals surface area (Å²) in [7, 11) is -12.0. The van der Waals surface area contributed by atoms with E-state index in [9.17, 15) is 45.1 Å². The van der Waals surface area contributed by atoms with Gasteiger partial charge in [-0.15, -0.1) is 0 Å². The van der Waals surface area contributed by atoms with Gasteiger partial charge in [0.15, 0.2) is 6.29 Å². The van der Waals surface area contributed by atoms with Crippen LogP contribution in [0.15, 0.2) is 189 Å². The third kappa shape index (κ3) is 22.3. The average Bonchev–Trinajstić information content (AvgIpc) is 1.64. The molecule has 6 aromatic carbocycles. The summed E-state index contributed by atoms with van der Waals surface area (Å²) in [4.78, 5) is 29.6. The summed E-state index contributed by atoms with van der Waals surface area (Å²) in [6.45, 7) is 10.3. The monoisotopic (exact) mass is 1340 g/mol. The zero-order chi connectivity index (χ0) is 67.1. The number of rotatable bonds is 30. The quantitative estimate of drug-likeness (QED) is 0.00943. The van der Waals surface area contributed by atoms with E-state index < -0.39 is 72.9 Å². The van der Waals surface area contributed by atoms with Gasteiger partial charge >= 0.3 is 6.09 Å². The number of aldehydes is 1. The minimum Gasteiger partial charge on any atom is -0.443 e. The van der Waals surface area contributed by atoms with Gasteiger partial charge in [-0.2, -0.15) is 17.0 Å². The van der Waals surface area contributed by atoms with Crippen LogP contribution in [0.2, 0.25) is 0 Å². The third-order valence-electron chi connectivity index (χ3n) is 15.3. The number of azide groups is 2. The number of hydrogen-bond donors (Lipinski definition) is 3. The number of alkyl carbamates (subject to hydrolysis) is 1. The van der Waals surface area contributed by atoms with Gasteiger partial charge in [-0.25, -0.2) is 21.6 Å². The Morgan fingerprint density at radius 3 is 1.62 bits per heavy atom. The van der Waals surface area contributed by atoms with Gasteiger partial charge in [0.2, 0.25) is 20.0 Å². The van der Waals surface area contributed by atoms with Gasteiger partial charge in [-0.05, 0) is 114 Å². The fourth-order valence-corrected chi connectivity index (χ4v) is 14.5. The van der Waals surface area contributed by atoms with Crippen molar-refractivity contribution >= 4 is 42.5 Å². The van der Waals surface area contributed by atoms with E-state index in [1.54, 1.807) is 12.1 Å². The number of epoxide rings is 1. The van der Waals surface area contributed by atoms with Crippen LogP contribution in [-0.2, 0) is 79.2 Å². The standard InChI is InChI=1S/C35H44N2O10S2.C21H26N4O4S.C10H11N3O/c1-24(2)20-37(48(40,41)28-15-11-27(12-16-28)22-46-49(42,43)29-13-9-25(3)10-14-29)21-32(38)31(19-26-7-5-4-6-8-26)36-35(39)47-33-23-45-34-30(33)17-18-44-34;1-16(2)13-25(30(28,29)19-10-8-18(15-26)9-11-19)14-21(27)20(23-24-22)12-17-6-4-3-5-7-17;11-13-12-9(10-7-14-10)6-8-4-2-1-3-5-8/h4-16,24,30-34,38H,17-23H2,1-3H3,(H,36,39);3-11,15-16,20-21,27H,12-14H2,1-2H3;1-5,9-10H,6-7H2/t30?,31-,32+,33?,34+;20-,21+;9-,10+/m000/s1. The summed E-state index contributed by atoms with van der Waals surface area (Å²) in [5.41, 5.74) is 21.9. The van der Waals surface area contributed by atoms with Crippen LogP contribution in [-0.4, -0.2) is 151 Å². The number of aliphatic hydroxyl groups is 2. The van der Waals surface area contributed by atoms with Crippen LogP contribution in [0.25, 0.3) is 20.9 Å². The number of nitrogens with one attached hydrogen (secondary N) is 1. The molecule has 9 atom stereocenters. The Labute approximate surface area is 544 Å². The number of hydrogen-bond acceptors (Lipinski definition) is 17. The maximum atomic E-state index is 13.9. The Balaban J connectivity index is 0.000000233. The Morgan fingerprint density at radius 1 is 0.624 bits per heavy atom. The molecule has 3 heterocycles. The minimum absolute atomic E-state index is 0.00765. The Hall–Kier alpha value is -7.59. The first-order valence-electron chi connectivity index (χ1n) is 30.5. The van der Waals surface area contributed by atoms with E-state index >= 15 is 0 Å². The van der Waals surface area contributed by atoms with E-state index in [1.165, 1.54) is 74.8 Å². The molecular weight excluding hydrogens is 1250 g/mol. The predicted octanol–water partition coefficient (Wildman–Crippen LogP) is 9.74. The lowest BCUT2D eigenvalue weighted by Gasteiger charge is -2.31. The van der Waals surface area contributed by atoms with Crippen LogP contribution in [0, 0.1) is 24.7 Å². The van der Waals surface area contributed by atoms with Crippen molar-refractivity contribution in [1.82, 2.24) is 13.9 Å². The number of carbonyl (C=O) groups is 2. The van der Waals surface area contributed by atoms with Gasteiger partial charge in [0, 0.05) is 41.6 Å². The summed E-state index contributed by atoms with van der Waals surface area (Å²) in [6.07, 6.45) is -1.36. The molecule has 498 valence electrons. The van der Waals surface area contributed by atoms with Crippen LogP contribution in [0.4, 0.5) is 4.79 Å². The molecule has 0 aliphatic carbocycles. The molecular formula is C66H81N9O15S3. The van der Waals surface area contributed by atoms with Crippen molar-refractivity contribution < 1.29 is 68.2 Å². The van der Waals surface area contributed by atoms with Crippen molar-refractivity contribution in [1.29, 1.82) is 0 Å². The van der Waals surface area contributed by atoms with E-state index in [-0.39, 0.29) is 96.8 Å². The zero-order valence-electron chi connectivity index (χ0n) is 52.5. The highest BCUT2D eigenvalue weighted by Crippen LogP contribution is 2.33. The van der Waals surface area contributed by atoms with Crippen molar-refractivity contribution in [3.05, 3.63) is 218 Å². The van der Waals surface area contributed by atoms with Crippen molar-refractivity contribution in [3.8, 4) is 0 Å². The fourth-order valence-electron chi connectivity index (χ4n) is 10.4. The molecule has 6 aromatic rings. The Bertz CT molecular complexity index is 3770. The van der Waals surface area contributed by atoms with E-state index in [2.05, 4.69) is 25.4 Å². The number of benzene rings is 6. The van der Waals surface area contributed by atoms with Gasteiger partial charge in [-0.3, -0.25) is 8.98 Å². The highest BCUT2D eigenvalue weighted by molar-refractivity contribution is 7.89. The van der Waals surface area contributed by atoms with Crippen molar-refractivity contribution in [2.45, 2.75) is 130 Å². The van der Waals surface area contributed by atoms with Crippen molar-refractivity contribution in [3.63, 3.8) is 0 Å². The molecule has 0 aromatic heterocycles. The first kappa shape index (κ1) is 72.8. The molecule has 93 heavy (non-hydrogen) atoms. The van der Waals surface area contributed by atoms with Gasteiger partial charge < -0.3 is 34.5 Å². The largest absolute Gasteiger partial charge is 0.443 e. The number of sulfonamides is 2. The summed E-state index contributed by atoms with van der Waals surface area (Å²) in [5.74, 6) is -0.144. The number of ether oxygens (including phenoxy) is 4. The molecule has 3 aliphatic rings. The Morgan fingerprint density at radius 2 is 1.12 bits per heavy atom. The molecule has 9 rings (SSSR count). The molecule has 3 fully saturated rings. The SMILES string of the molecule is CC(C)CN(C[C@@H](O)[C@H](Cc1ccccc1)N=[N+]=[N-])S(=O)(=O)c1ccc(C=O)cc1.Cc1ccc(S(=O)(=O)OCc2ccc(S(=O)(=O)N(CC(C)C)C[C@@H](O)[C@H](Cc3ccccc3)NC(=O)OC3CO[C@H]4OCCC34)cc2)cc1.[N-]=[N+]=N[C@@H](Cc1ccccc1)[C@H]1CO1. The Kier molecular flexibility index (Phi) is 27.5. The van der Waals surface area contributed by atoms with Crippen molar-refractivity contribution in [2.75, 3.05) is 46.0 Å². The van der Waals surface area contributed by atoms with Gasteiger partial charge in [0.1, 0.15) is 12.4 Å². The number of aliphatic hydroxyl groups excluding tert-OH is 2. The molecule has 27 heteroatoms. The second-order valence-electron chi connectivity index (χ2n) is 23.6. The molecule has 0 saturated carbocycles. The lowest BCUT2D eigenvalue weighted by atomic mass is 10.0.